The number of halogens is 1. The maximum absolute atomic E-state index is 10.6. The van der Waals surface area contributed by atoms with Crippen LogP contribution < -0.4 is 0 Å². The number of carboxylic acids is 1. The van der Waals surface area contributed by atoms with E-state index in [2.05, 4.69) is 4.98 Å². The van der Waals surface area contributed by atoms with E-state index in [1.165, 1.54) is 11.3 Å². The van der Waals surface area contributed by atoms with Gasteiger partial charge in [-0.1, -0.05) is 30.3 Å². The van der Waals surface area contributed by atoms with Crippen molar-refractivity contribution in [2.24, 2.45) is 0 Å². The molecule has 2 rings (SSSR count). The van der Waals surface area contributed by atoms with E-state index in [-0.39, 0.29) is 6.42 Å². The predicted molar refractivity (Wildman–Crippen MR) is 68.5 cm³/mol. The molecule has 0 aliphatic heterocycles. The Kier molecular flexibility index (Phi) is 3.76. The lowest BCUT2D eigenvalue weighted by Crippen LogP contribution is -2.16. The topological polar surface area (TPSA) is 50.2 Å². The minimum Gasteiger partial charge on any atom is -0.480 e. The van der Waals surface area contributed by atoms with E-state index in [1.807, 2.05) is 35.7 Å². The van der Waals surface area contributed by atoms with Crippen molar-refractivity contribution in [3.05, 3.63) is 41.4 Å². The highest BCUT2D eigenvalue weighted by Crippen LogP contribution is 2.24. The first-order valence-corrected chi connectivity index (χ1v) is 6.35. The quantitative estimate of drug-likeness (QED) is 0.867. The fourth-order valence-corrected chi connectivity index (χ4v) is 2.38. The van der Waals surface area contributed by atoms with Crippen LogP contribution in [-0.4, -0.2) is 21.4 Å². The second kappa shape index (κ2) is 5.29. The SMILES string of the molecule is O=C(O)C(Cl)Cc1csc(-c2ccccc2)n1. The van der Waals surface area contributed by atoms with Gasteiger partial charge in [-0.05, 0) is 0 Å². The second-order valence-electron chi connectivity index (χ2n) is 3.52. The third-order valence-electron chi connectivity index (χ3n) is 2.23. The van der Waals surface area contributed by atoms with Crippen LogP contribution in [0.3, 0.4) is 0 Å². The highest BCUT2D eigenvalue weighted by molar-refractivity contribution is 7.13. The molecular weight excluding hydrogens is 258 g/mol. The van der Waals surface area contributed by atoms with Gasteiger partial charge in [0.25, 0.3) is 0 Å². The predicted octanol–water partition coefficient (Wildman–Crippen LogP) is 3.04. The van der Waals surface area contributed by atoms with Crippen molar-refractivity contribution >= 4 is 28.9 Å². The summed E-state index contributed by atoms with van der Waals surface area (Å²) in [6.07, 6.45) is 0.250. The Morgan fingerprint density at radius 2 is 2.12 bits per heavy atom. The Balaban J connectivity index is 2.14. The number of rotatable bonds is 4. The first-order valence-electron chi connectivity index (χ1n) is 5.03. The Morgan fingerprint density at radius 3 is 2.76 bits per heavy atom. The van der Waals surface area contributed by atoms with Crippen LogP contribution in [-0.2, 0) is 11.2 Å². The van der Waals surface area contributed by atoms with Crippen LogP contribution in [0, 0.1) is 0 Å². The monoisotopic (exact) mass is 267 g/mol. The standard InChI is InChI=1S/C12H10ClNO2S/c13-10(12(15)16)6-9-7-17-11(14-9)8-4-2-1-3-5-8/h1-5,7,10H,6H2,(H,15,16). The molecule has 0 amide bonds. The number of carboxylic acid groups (broad SMARTS) is 1. The minimum atomic E-state index is -1.01. The summed E-state index contributed by atoms with van der Waals surface area (Å²) in [5.74, 6) is -1.01. The summed E-state index contributed by atoms with van der Waals surface area (Å²) >= 11 is 7.16. The van der Waals surface area contributed by atoms with Crippen LogP contribution in [0.1, 0.15) is 5.69 Å². The molecule has 0 saturated heterocycles. The van der Waals surface area contributed by atoms with Crippen molar-refractivity contribution in [1.29, 1.82) is 0 Å². The number of carbonyl (C=O) groups is 1. The number of alkyl halides is 1. The average Bonchev–Trinajstić information content (AvgIpc) is 2.78. The molecule has 3 nitrogen and oxygen atoms in total. The molecule has 0 aliphatic rings. The maximum atomic E-state index is 10.6. The number of aromatic nitrogens is 1. The Morgan fingerprint density at radius 1 is 1.41 bits per heavy atom. The number of hydrogen-bond donors (Lipinski definition) is 1. The zero-order valence-electron chi connectivity index (χ0n) is 8.84. The molecule has 0 spiro atoms. The van der Waals surface area contributed by atoms with E-state index in [0.717, 1.165) is 16.3 Å². The molecular formula is C12H10ClNO2S. The van der Waals surface area contributed by atoms with Gasteiger partial charge in [0.2, 0.25) is 0 Å². The van der Waals surface area contributed by atoms with Gasteiger partial charge in [-0.2, -0.15) is 0 Å². The van der Waals surface area contributed by atoms with E-state index in [1.54, 1.807) is 0 Å². The Labute approximate surface area is 108 Å². The molecule has 17 heavy (non-hydrogen) atoms. The van der Waals surface area contributed by atoms with Gasteiger partial charge in [-0.3, -0.25) is 4.79 Å². The van der Waals surface area contributed by atoms with Gasteiger partial charge in [-0.15, -0.1) is 22.9 Å². The molecule has 5 heteroatoms. The van der Waals surface area contributed by atoms with Crippen molar-refractivity contribution in [2.75, 3.05) is 0 Å². The fourth-order valence-electron chi connectivity index (χ4n) is 1.38. The molecule has 0 fully saturated rings. The second-order valence-corrected chi connectivity index (χ2v) is 4.90. The molecule has 0 radical (unpaired) electrons. The smallest absolute Gasteiger partial charge is 0.322 e. The normalized spacial score (nSPS) is 12.3. The number of benzene rings is 1. The van der Waals surface area contributed by atoms with Crippen molar-refractivity contribution < 1.29 is 9.90 Å². The van der Waals surface area contributed by atoms with E-state index < -0.39 is 11.3 Å². The highest BCUT2D eigenvalue weighted by atomic mass is 35.5. The highest BCUT2D eigenvalue weighted by Gasteiger charge is 2.16. The number of nitrogens with zero attached hydrogens (tertiary/aromatic N) is 1. The number of hydrogen-bond acceptors (Lipinski definition) is 3. The number of thiazole rings is 1. The van der Waals surface area contributed by atoms with Crippen molar-refractivity contribution in [2.45, 2.75) is 11.8 Å². The zero-order chi connectivity index (χ0) is 12.3. The molecule has 1 atom stereocenters. The third-order valence-corrected chi connectivity index (χ3v) is 3.51. The molecule has 1 aromatic heterocycles. The minimum absolute atomic E-state index is 0.250. The van der Waals surface area contributed by atoms with Crippen LogP contribution in [0.15, 0.2) is 35.7 Å². The van der Waals surface area contributed by atoms with Gasteiger partial charge in [-0.25, -0.2) is 4.98 Å². The molecule has 1 heterocycles. The molecule has 88 valence electrons. The van der Waals surface area contributed by atoms with Crippen molar-refractivity contribution in [3.8, 4) is 10.6 Å². The Bertz CT molecular complexity index is 512. The van der Waals surface area contributed by atoms with Gasteiger partial charge < -0.3 is 5.11 Å². The van der Waals surface area contributed by atoms with E-state index >= 15 is 0 Å². The van der Waals surface area contributed by atoms with E-state index in [4.69, 9.17) is 16.7 Å². The molecule has 0 saturated carbocycles. The summed E-state index contributed by atoms with van der Waals surface area (Å²) in [7, 11) is 0. The van der Waals surface area contributed by atoms with Crippen LogP contribution in [0.25, 0.3) is 10.6 Å². The largest absolute Gasteiger partial charge is 0.480 e. The van der Waals surface area contributed by atoms with Crippen LogP contribution in [0.2, 0.25) is 0 Å². The lowest BCUT2D eigenvalue weighted by atomic mass is 10.2. The summed E-state index contributed by atoms with van der Waals surface area (Å²) < 4.78 is 0. The summed E-state index contributed by atoms with van der Waals surface area (Å²) in [4.78, 5) is 15.0. The van der Waals surface area contributed by atoms with Crippen molar-refractivity contribution in [3.63, 3.8) is 0 Å². The summed E-state index contributed by atoms with van der Waals surface area (Å²) in [5, 5.41) is 10.5. The van der Waals surface area contributed by atoms with Crippen LogP contribution in [0.5, 0.6) is 0 Å². The summed E-state index contributed by atoms with van der Waals surface area (Å²) in [6, 6.07) is 9.77. The lowest BCUT2D eigenvalue weighted by molar-refractivity contribution is -0.136. The van der Waals surface area contributed by atoms with Gasteiger partial charge in [0.15, 0.2) is 0 Å². The van der Waals surface area contributed by atoms with Gasteiger partial charge in [0, 0.05) is 17.4 Å². The average molecular weight is 268 g/mol. The number of aliphatic carboxylic acids is 1. The van der Waals surface area contributed by atoms with E-state index in [9.17, 15) is 4.79 Å². The zero-order valence-corrected chi connectivity index (χ0v) is 10.4. The Hall–Kier alpha value is -1.39. The first-order chi connectivity index (χ1) is 8.16. The molecule has 1 aromatic carbocycles. The van der Waals surface area contributed by atoms with Gasteiger partial charge in [0.1, 0.15) is 10.4 Å². The molecule has 1 unspecified atom stereocenters. The lowest BCUT2D eigenvalue weighted by Gasteiger charge is -1.99. The fraction of sp³-hybridized carbons (Fsp3) is 0.167. The molecule has 1 N–H and O–H groups in total. The molecule has 0 bridgehead atoms. The molecule has 0 aliphatic carbocycles. The maximum Gasteiger partial charge on any atom is 0.322 e. The first kappa shape index (κ1) is 12.1. The van der Waals surface area contributed by atoms with Gasteiger partial charge >= 0.3 is 5.97 Å². The summed E-state index contributed by atoms with van der Waals surface area (Å²) in [6.45, 7) is 0. The molecule has 2 aromatic rings. The van der Waals surface area contributed by atoms with Crippen molar-refractivity contribution in [1.82, 2.24) is 4.98 Å². The summed E-state index contributed by atoms with van der Waals surface area (Å²) in [5.41, 5.74) is 1.75. The third kappa shape index (κ3) is 3.05. The van der Waals surface area contributed by atoms with Crippen LogP contribution in [0.4, 0.5) is 0 Å². The van der Waals surface area contributed by atoms with Gasteiger partial charge in [0.05, 0.1) is 5.69 Å². The van der Waals surface area contributed by atoms with E-state index in [0.29, 0.717) is 0 Å². The van der Waals surface area contributed by atoms with Crippen LogP contribution >= 0.6 is 22.9 Å².